The summed E-state index contributed by atoms with van der Waals surface area (Å²) in [6.45, 7) is 0.360. The van der Waals surface area contributed by atoms with Crippen LogP contribution in [0, 0.1) is 0 Å². The highest BCUT2D eigenvalue weighted by atomic mass is 16.3. The van der Waals surface area contributed by atoms with Crippen LogP contribution in [0.1, 0.15) is 31.4 Å². The van der Waals surface area contributed by atoms with Crippen molar-refractivity contribution in [3.63, 3.8) is 0 Å². The van der Waals surface area contributed by atoms with Gasteiger partial charge in [-0.05, 0) is 25.0 Å². The van der Waals surface area contributed by atoms with E-state index in [-0.39, 0.29) is 12.3 Å². The predicted octanol–water partition coefficient (Wildman–Crippen LogP) is 1.05. The molecule has 1 aromatic rings. The maximum atomic E-state index is 11.6. The summed E-state index contributed by atoms with van der Waals surface area (Å²) >= 11 is 0. The van der Waals surface area contributed by atoms with E-state index in [1.54, 1.807) is 6.20 Å². The van der Waals surface area contributed by atoms with E-state index in [1.165, 1.54) is 0 Å². The van der Waals surface area contributed by atoms with E-state index in [0.29, 0.717) is 6.54 Å². The summed E-state index contributed by atoms with van der Waals surface area (Å²) in [5.74, 6) is -0.0796. The average molecular weight is 234 g/mol. The first-order chi connectivity index (χ1) is 8.18. The van der Waals surface area contributed by atoms with E-state index < -0.39 is 5.60 Å². The molecular weight excluding hydrogens is 216 g/mol. The summed E-state index contributed by atoms with van der Waals surface area (Å²) in [5, 5.41) is 12.9. The lowest BCUT2D eigenvalue weighted by atomic mass is 10.0. The molecule has 1 saturated carbocycles. The second-order valence-corrected chi connectivity index (χ2v) is 4.71. The number of nitrogens with one attached hydrogen (secondary N) is 1. The fourth-order valence-corrected chi connectivity index (χ4v) is 2.20. The zero-order chi connectivity index (χ0) is 12.1. The van der Waals surface area contributed by atoms with Gasteiger partial charge in [0.2, 0.25) is 5.91 Å². The van der Waals surface area contributed by atoms with Crippen LogP contribution in [0.25, 0.3) is 0 Å². The van der Waals surface area contributed by atoms with Crippen molar-refractivity contribution in [3.05, 3.63) is 30.1 Å². The van der Waals surface area contributed by atoms with Crippen LogP contribution in [0.5, 0.6) is 0 Å². The zero-order valence-corrected chi connectivity index (χ0v) is 9.85. The number of nitrogens with zero attached hydrogens (tertiary/aromatic N) is 1. The third kappa shape index (κ3) is 3.53. The maximum absolute atomic E-state index is 11.6. The van der Waals surface area contributed by atoms with E-state index in [2.05, 4.69) is 10.3 Å². The van der Waals surface area contributed by atoms with Gasteiger partial charge in [0.25, 0.3) is 0 Å². The Bertz CT molecular complexity index is 372. The van der Waals surface area contributed by atoms with Crippen LogP contribution in [0.3, 0.4) is 0 Å². The average Bonchev–Trinajstić information content (AvgIpc) is 2.76. The van der Waals surface area contributed by atoms with Gasteiger partial charge in [0.05, 0.1) is 12.0 Å². The molecule has 92 valence electrons. The van der Waals surface area contributed by atoms with Gasteiger partial charge < -0.3 is 10.4 Å². The van der Waals surface area contributed by atoms with Gasteiger partial charge in [0, 0.05) is 18.4 Å². The lowest BCUT2D eigenvalue weighted by molar-refractivity contribution is -0.121. The van der Waals surface area contributed by atoms with Crippen molar-refractivity contribution < 1.29 is 9.90 Å². The van der Waals surface area contributed by atoms with Gasteiger partial charge in [-0.1, -0.05) is 18.9 Å². The number of aliphatic hydroxyl groups is 1. The zero-order valence-electron chi connectivity index (χ0n) is 9.85. The minimum atomic E-state index is -0.681. The monoisotopic (exact) mass is 234 g/mol. The van der Waals surface area contributed by atoms with Crippen molar-refractivity contribution in [2.75, 3.05) is 6.54 Å². The van der Waals surface area contributed by atoms with E-state index >= 15 is 0 Å². The Morgan fingerprint density at radius 1 is 1.41 bits per heavy atom. The molecule has 2 rings (SSSR count). The molecule has 0 radical (unpaired) electrons. The normalized spacial score (nSPS) is 17.9. The highest BCUT2D eigenvalue weighted by Crippen LogP contribution is 2.28. The van der Waals surface area contributed by atoms with Crippen molar-refractivity contribution in [2.45, 2.75) is 37.7 Å². The Morgan fingerprint density at radius 3 is 2.82 bits per heavy atom. The number of pyridine rings is 1. The van der Waals surface area contributed by atoms with E-state index in [4.69, 9.17) is 0 Å². The molecule has 1 aromatic heterocycles. The highest BCUT2D eigenvalue weighted by molar-refractivity contribution is 5.78. The molecule has 0 atom stereocenters. The van der Waals surface area contributed by atoms with Crippen LogP contribution < -0.4 is 5.32 Å². The highest BCUT2D eigenvalue weighted by Gasteiger charge is 2.31. The number of carbonyl (C=O) groups excluding carboxylic acids is 1. The smallest absolute Gasteiger partial charge is 0.226 e. The molecule has 0 spiro atoms. The van der Waals surface area contributed by atoms with Gasteiger partial charge in [-0.2, -0.15) is 0 Å². The van der Waals surface area contributed by atoms with Crippen LogP contribution in [0.15, 0.2) is 24.4 Å². The van der Waals surface area contributed by atoms with Gasteiger partial charge in [0.1, 0.15) is 0 Å². The minimum absolute atomic E-state index is 0.0796. The molecule has 0 bridgehead atoms. The summed E-state index contributed by atoms with van der Waals surface area (Å²) in [6.07, 6.45) is 5.62. The molecule has 0 aliphatic heterocycles. The summed E-state index contributed by atoms with van der Waals surface area (Å²) in [7, 11) is 0. The first-order valence-corrected chi connectivity index (χ1v) is 6.07. The van der Waals surface area contributed by atoms with Crippen LogP contribution in [0.2, 0.25) is 0 Å². The first-order valence-electron chi connectivity index (χ1n) is 6.07. The number of hydrogen-bond acceptors (Lipinski definition) is 3. The standard InChI is InChI=1S/C13H18N2O2/c16-12(9-11-5-1-4-8-14-11)15-10-13(17)6-2-3-7-13/h1,4-5,8,17H,2-3,6-7,9-10H2,(H,15,16). The van der Waals surface area contributed by atoms with Gasteiger partial charge in [0.15, 0.2) is 0 Å². The van der Waals surface area contributed by atoms with Gasteiger partial charge >= 0.3 is 0 Å². The van der Waals surface area contributed by atoms with Crippen molar-refractivity contribution in [1.29, 1.82) is 0 Å². The first kappa shape index (κ1) is 12.0. The van der Waals surface area contributed by atoms with Crippen LogP contribution in [0.4, 0.5) is 0 Å². The van der Waals surface area contributed by atoms with Crippen molar-refractivity contribution in [1.82, 2.24) is 10.3 Å². The largest absolute Gasteiger partial charge is 0.388 e. The molecule has 1 heterocycles. The molecule has 0 unspecified atom stereocenters. The molecule has 4 nitrogen and oxygen atoms in total. The summed E-state index contributed by atoms with van der Waals surface area (Å²) in [5.41, 5.74) is 0.0724. The Kier molecular flexibility index (Phi) is 3.74. The van der Waals surface area contributed by atoms with Gasteiger partial charge in [-0.15, -0.1) is 0 Å². The second kappa shape index (κ2) is 5.27. The van der Waals surface area contributed by atoms with Gasteiger partial charge in [-0.25, -0.2) is 0 Å². The Morgan fingerprint density at radius 2 is 2.18 bits per heavy atom. The summed E-state index contributed by atoms with van der Waals surface area (Å²) < 4.78 is 0. The number of amides is 1. The molecular formula is C13H18N2O2. The molecule has 17 heavy (non-hydrogen) atoms. The Labute approximate surface area is 101 Å². The second-order valence-electron chi connectivity index (χ2n) is 4.71. The quantitative estimate of drug-likeness (QED) is 0.818. The fourth-order valence-electron chi connectivity index (χ4n) is 2.20. The van der Waals surface area contributed by atoms with E-state index in [0.717, 1.165) is 31.4 Å². The van der Waals surface area contributed by atoms with Crippen LogP contribution in [-0.2, 0) is 11.2 Å². The number of hydrogen-bond donors (Lipinski definition) is 2. The Hall–Kier alpha value is -1.42. The topological polar surface area (TPSA) is 62.2 Å². The van der Waals surface area contributed by atoms with Crippen molar-refractivity contribution >= 4 is 5.91 Å². The number of aromatic nitrogens is 1. The lowest BCUT2D eigenvalue weighted by Crippen LogP contribution is -2.41. The molecule has 0 saturated heterocycles. The van der Waals surface area contributed by atoms with Crippen LogP contribution in [-0.4, -0.2) is 28.1 Å². The fraction of sp³-hybridized carbons (Fsp3) is 0.538. The predicted molar refractivity (Wildman–Crippen MR) is 64.4 cm³/mol. The maximum Gasteiger partial charge on any atom is 0.226 e. The molecule has 4 heteroatoms. The van der Waals surface area contributed by atoms with Gasteiger partial charge in [-0.3, -0.25) is 9.78 Å². The van der Waals surface area contributed by atoms with E-state index in [1.807, 2.05) is 18.2 Å². The minimum Gasteiger partial charge on any atom is -0.388 e. The summed E-state index contributed by atoms with van der Waals surface area (Å²) in [6, 6.07) is 5.51. The molecule has 0 aromatic carbocycles. The number of carbonyl (C=O) groups is 1. The van der Waals surface area contributed by atoms with Crippen LogP contribution >= 0.6 is 0 Å². The number of rotatable bonds is 4. The molecule has 1 amide bonds. The molecule has 1 aliphatic rings. The summed E-state index contributed by atoms with van der Waals surface area (Å²) in [4.78, 5) is 15.7. The SMILES string of the molecule is O=C(Cc1ccccn1)NCC1(O)CCCC1. The molecule has 2 N–H and O–H groups in total. The molecule has 1 fully saturated rings. The van der Waals surface area contributed by atoms with Crippen molar-refractivity contribution in [3.8, 4) is 0 Å². The third-order valence-electron chi connectivity index (χ3n) is 3.22. The third-order valence-corrected chi connectivity index (χ3v) is 3.22. The van der Waals surface area contributed by atoms with Crippen molar-refractivity contribution in [2.24, 2.45) is 0 Å². The Balaban J connectivity index is 1.78. The lowest BCUT2D eigenvalue weighted by Gasteiger charge is -2.22. The van der Waals surface area contributed by atoms with E-state index in [9.17, 15) is 9.90 Å². The molecule has 1 aliphatic carbocycles.